The molecule has 1 N–H and O–H groups in total. The Morgan fingerprint density at radius 1 is 1.12 bits per heavy atom. The van der Waals surface area contributed by atoms with Gasteiger partial charge in [0.2, 0.25) is 10.0 Å². The molecule has 0 saturated carbocycles. The molecule has 24 heavy (non-hydrogen) atoms. The van der Waals surface area contributed by atoms with Gasteiger partial charge in [0.15, 0.2) is 0 Å². The standard InChI is InChI=1S/C17H20N2O4S/c1-19(14-9-12-3-4-13(10-14)18-12)24(21,22)15-5-6-16-11(8-15)2-7-17(20)23-16/h2,5-8,12-14,18H,3-4,9-10H2,1H3. The van der Waals surface area contributed by atoms with Gasteiger partial charge in [-0.05, 0) is 49.9 Å². The molecule has 2 aromatic rings. The second kappa shape index (κ2) is 5.68. The molecule has 128 valence electrons. The van der Waals surface area contributed by atoms with Crippen LogP contribution in [-0.2, 0) is 10.0 Å². The van der Waals surface area contributed by atoms with Crippen molar-refractivity contribution in [2.75, 3.05) is 7.05 Å². The van der Waals surface area contributed by atoms with Crippen molar-refractivity contribution in [1.29, 1.82) is 0 Å². The van der Waals surface area contributed by atoms with Gasteiger partial charge in [-0.2, -0.15) is 4.31 Å². The molecule has 0 spiro atoms. The van der Waals surface area contributed by atoms with Crippen LogP contribution < -0.4 is 10.9 Å². The molecule has 2 saturated heterocycles. The molecule has 2 unspecified atom stereocenters. The Balaban J connectivity index is 1.66. The maximum absolute atomic E-state index is 13.0. The lowest BCUT2D eigenvalue weighted by Crippen LogP contribution is -2.48. The summed E-state index contributed by atoms with van der Waals surface area (Å²) in [6.45, 7) is 0. The van der Waals surface area contributed by atoms with Crippen molar-refractivity contribution >= 4 is 21.0 Å². The molecule has 0 amide bonds. The molecule has 2 fully saturated rings. The molecule has 6 nitrogen and oxygen atoms in total. The summed E-state index contributed by atoms with van der Waals surface area (Å²) in [5, 5.41) is 4.14. The highest BCUT2D eigenvalue weighted by atomic mass is 32.2. The highest BCUT2D eigenvalue weighted by Gasteiger charge is 2.38. The summed E-state index contributed by atoms with van der Waals surface area (Å²) in [5.74, 6) is 0. The molecular weight excluding hydrogens is 328 g/mol. The summed E-state index contributed by atoms with van der Waals surface area (Å²) >= 11 is 0. The van der Waals surface area contributed by atoms with Crippen molar-refractivity contribution < 1.29 is 12.8 Å². The molecule has 0 radical (unpaired) electrons. The first-order chi connectivity index (χ1) is 11.4. The summed E-state index contributed by atoms with van der Waals surface area (Å²) in [7, 11) is -1.91. The van der Waals surface area contributed by atoms with E-state index in [0.29, 0.717) is 23.1 Å². The maximum Gasteiger partial charge on any atom is 0.336 e. The number of benzene rings is 1. The summed E-state index contributed by atoms with van der Waals surface area (Å²) in [6.07, 6.45) is 3.97. The smallest absolute Gasteiger partial charge is 0.336 e. The number of fused-ring (bicyclic) bond motifs is 3. The summed E-state index contributed by atoms with van der Waals surface area (Å²) < 4.78 is 32.6. The van der Waals surface area contributed by atoms with Crippen LogP contribution in [0.4, 0.5) is 0 Å². The summed E-state index contributed by atoms with van der Waals surface area (Å²) in [4.78, 5) is 11.5. The lowest BCUT2D eigenvalue weighted by molar-refractivity contribution is 0.251. The van der Waals surface area contributed by atoms with E-state index in [-0.39, 0.29) is 10.9 Å². The average molecular weight is 348 g/mol. The average Bonchev–Trinajstić information content (AvgIpc) is 2.91. The van der Waals surface area contributed by atoms with E-state index in [9.17, 15) is 13.2 Å². The minimum Gasteiger partial charge on any atom is -0.423 e. The quantitative estimate of drug-likeness (QED) is 0.854. The Morgan fingerprint density at radius 3 is 2.54 bits per heavy atom. The van der Waals surface area contributed by atoms with E-state index in [2.05, 4.69) is 5.32 Å². The maximum atomic E-state index is 13.0. The highest BCUT2D eigenvalue weighted by Crippen LogP contribution is 2.32. The fourth-order valence-corrected chi connectivity index (χ4v) is 5.31. The van der Waals surface area contributed by atoms with E-state index >= 15 is 0 Å². The molecule has 2 aliphatic rings. The Bertz CT molecular complexity index is 925. The van der Waals surface area contributed by atoms with Gasteiger partial charge >= 0.3 is 5.63 Å². The lowest BCUT2D eigenvalue weighted by Gasteiger charge is -2.34. The zero-order valence-corrected chi connectivity index (χ0v) is 14.3. The third kappa shape index (κ3) is 2.66. The minimum absolute atomic E-state index is 0.0261. The normalized spacial score (nSPS) is 27.0. The largest absolute Gasteiger partial charge is 0.423 e. The van der Waals surface area contributed by atoms with E-state index in [1.54, 1.807) is 25.2 Å². The van der Waals surface area contributed by atoms with Gasteiger partial charge in [0.05, 0.1) is 4.90 Å². The van der Waals surface area contributed by atoms with Gasteiger partial charge in [-0.25, -0.2) is 13.2 Å². The number of nitrogens with one attached hydrogen (secondary N) is 1. The van der Waals surface area contributed by atoms with Gasteiger partial charge in [0.25, 0.3) is 0 Å². The number of hydrogen-bond donors (Lipinski definition) is 1. The van der Waals surface area contributed by atoms with Crippen LogP contribution in [0.25, 0.3) is 11.0 Å². The molecule has 3 heterocycles. The summed E-state index contributed by atoms with van der Waals surface area (Å²) in [6, 6.07) is 8.39. The second-order valence-corrected chi connectivity index (χ2v) is 8.74. The van der Waals surface area contributed by atoms with Crippen LogP contribution in [0.2, 0.25) is 0 Å². The molecule has 2 bridgehead atoms. The van der Waals surface area contributed by atoms with Crippen molar-refractivity contribution in [3.8, 4) is 0 Å². The molecule has 0 aliphatic carbocycles. The van der Waals surface area contributed by atoms with Crippen molar-refractivity contribution in [2.45, 2.75) is 48.7 Å². The second-order valence-electron chi connectivity index (χ2n) is 6.74. The highest BCUT2D eigenvalue weighted by molar-refractivity contribution is 7.89. The zero-order valence-electron chi connectivity index (χ0n) is 13.4. The van der Waals surface area contributed by atoms with Crippen LogP contribution in [0.15, 0.2) is 44.4 Å². The van der Waals surface area contributed by atoms with E-state index in [4.69, 9.17) is 4.42 Å². The van der Waals surface area contributed by atoms with E-state index in [1.807, 2.05) is 0 Å². The first-order valence-corrected chi connectivity index (χ1v) is 9.65. The van der Waals surface area contributed by atoms with Crippen molar-refractivity contribution in [1.82, 2.24) is 9.62 Å². The van der Waals surface area contributed by atoms with Crippen molar-refractivity contribution in [3.63, 3.8) is 0 Å². The minimum atomic E-state index is -3.57. The van der Waals surface area contributed by atoms with Gasteiger partial charge in [-0.15, -0.1) is 0 Å². The van der Waals surface area contributed by atoms with Crippen molar-refractivity contribution in [2.24, 2.45) is 0 Å². The first kappa shape index (κ1) is 15.8. The molecule has 2 atom stereocenters. The number of rotatable bonds is 3. The monoisotopic (exact) mass is 348 g/mol. The lowest BCUT2D eigenvalue weighted by atomic mass is 10.0. The van der Waals surface area contributed by atoms with Crippen molar-refractivity contribution in [3.05, 3.63) is 40.8 Å². The first-order valence-electron chi connectivity index (χ1n) is 8.21. The number of hydrogen-bond acceptors (Lipinski definition) is 5. The molecular formula is C17H20N2O4S. The Labute approximate surface area is 140 Å². The van der Waals surface area contributed by atoms with E-state index < -0.39 is 15.6 Å². The summed E-state index contributed by atoms with van der Waals surface area (Å²) in [5.41, 5.74) is -0.0515. The third-order valence-corrected chi connectivity index (χ3v) is 7.14. The predicted octanol–water partition coefficient (Wildman–Crippen LogP) is 1.70. The number of nitrogens with zero attached hydrogens (tertiary/aromatic N) is 1. The van der Waals surface area contributed by atoms with Crippen LogP contribution in [0.5, 0.6) is 0 Å². The molecule has 7 heteroatoms. The topological polar surface area (TPSA) is 79.6 Å². The number of piperidine rings is 1. The van der Waals surface area contributed by atoms with Gasteiger partial charge in [-0.1, -0.05) is 0 Å². The van der Waals surface area contributed by atoms with Crippen LogP contribution in [0, 0.1) is 0 Å². The van der Waals surface area contributed by atoms with Crippen LogP contribution in [0.3, 0.4) is 0 Å². The zero-order chi connectivity index (χ0) is 16.9. The van der Waals surface area contributed by atoms with Gasteiger partial charge in [0.1, 0.15) is 5.58 Å². The Kier molecular flexibility index (Phi) is 3.74. The molecule has 1 aromatic heterocycles. The molecule has 1 aromatic carbocycles. The fourth-order valence-electron chi connectivity index (χ4n) is 3.90. The predicted molar refractivity (Wildman–Crippen MR) is 90.4 cm³/mol. The van der Waals surface area contributed by atoms with Gasteiger partial charge in [-0.3, -0.25) is 0 Å². The Morgan fingerprint density at radius 2 is 1.83 bits per heavy atom. The Hall–Kier alpha value is -1.70. The van der Waals surface area contributed by atoms with Crippen LogP contribution in [0.1, 0.15) is 25.7 Å². The number of sulfonamides is 1. The fraction of sp³-hybridized carbons (Fsp3) is 0.471. The van der Waals surface area contributed by atoms with E-state index in [1.165, 1.54) is 16.4 Å². The SMILES string of the molecule is CN(C1CC2CCC(C1)N2)S(=O)(=O)c1ccc2oc(=O)ccc2c1. The van der Waals surface area contributed by atoms with Gasteiger partial charge < -0.3 is 9.73 Å². The van der Waals surface area contributed by atoms with Crippen LogP contribution in [-0.4, -0.2) is 37.9 Å². The van der Waals surface area contributed by atoms with Crippen LogP contribution >= 0.6 is 0 Å². The molecule has 2 aliphatic heterocycles. The molecule has 4 rings (SSSR count). The van der Waals surface area contributed by atoms with Gasteiger partial charge in [0, 0.05) is 36.6 Å². The van der Waals surface area contributed by atoms with E-state index in [0.717, 1.165) is 25.7 Å². The third-order valence-electron chi connectivity index (χ3n) is 5.23.